The lowest BCUT2D eigenvalue weighted by Crippen LogP contribution is -2.06. The average molecular weight is 373 g/mol. The van der Waals surface area contributed by atoms with Gasteiger partial charge in [-0.25, -0.2) is 4.98 Å². The molecule has 0 aliphatic rings. The Morgan fingerprint density at radius 2 is 1.74 bits per heavy atom. The Hall–Kier alpha value is -2.98. The van der Waals surface area contributed by atoms with Gasteiger partial charge in [0.25, 0.3) is 0 Å². The van der Waals surface area contributed by atoms with E-state index in [0.717, 1.165) is 43.7 Å². The minimum Gasteiger partial charge on any atom is -0.481 e. The number of hydrogen-bond acceptors (Lipinski definition) is 3. The number of benzene rings is 2. The zero-order chi connectivity index (χ0) is 19.0. The van der Waals surface area contributed by atoms with Crippen LogP contribution in [0.5, 0.6) is 0 Å². The van der Waals surface area contributed by atoms with E-state index in [4.69, 9.17) is 4.98 Å². The largest absolute Gasteiger partial charge is 0.481 e. The third-order valence-corrected chi connectivity index (χ3v) is 5.65. The number of aliphatic carboxylic acids is 1. The van der Waals surface area contributed by atoms with Gasteiger partial charge >= 0.3 is 5.97 Å². The van der Waals surface area contributed by atoms with E-state index in [1.807, 2.05) is 54.6 Å². The van der Waals surface area contributed by atoms with E-state index < -0.39 is 5.97 Å². The highest BCUT2D eigenvalue weighted by Crippen LogP contribution is 2.40. The summed E-state index contributed by atoms with van der Waals surface area (Å²) in [6.45, 7) is 4.13. The van der Waals surface area contributed by atoms with Gasteiger partial charge in [-0.1, -0.05) is 48.5 Å². The molecule has 2 aromatic carbocycles. The molecule has 3 nitrogen and oxygen atoms in total. The van der Waals surface area contributed by atoms with Crippen LogP contribution in [0.3, 0.4) is 0 Å². The van der Waals surface area contributed by atoms with Gasteiger partial charge in [0.05, 0.1) is 17.6 Å². The summed E-state index contributed by atoms with van der Waals surface area (Å²) in [5.41, 5.74) is 5.42. The van der Waals surface area contributed by atoms with Crippen LogP contribution in [-0.2, 0) is 11.2 Å². The van der Waals surface area contributed by atoms with E-state index in [1.165, 1.54) is 4.88 Å². The molecule has 0 fully saturated rings. The Morgan fingerprint density at radius 3 is 2.41 bits per heavy atom. The predicted molar refractivity (Wildman–Crippen MR) is 111 cm³/mol. The predicted octanol–water partition coefficient (Wildman–Crippen LogP) is 5.87. The summed E-state index contributed by atoms with van der Waals surface area (Å²) in [7, 11) is 0. The van der Waals surface area contributed by atoms with Crippen LogP contribution >= 0.6 is 11.3 Å². The molecule has 2 heterocycles. The molecule has 0 amide bonds. The fraction of sp³-hybridized carbons (Fsp3) is 0.130. The molecular weight excluding hydrogens is 354 g/mol. The lowest BCUT2D eigenvalue weighted by molar-refractivity contribution is -0.136. The molecule has 0 saturated carbocycles. The maximum Gasteiger partial charge on any atom is 0.307 e. The van der Waals surface area contributed by atoms with Crippen molar-refractivity contribution >= 4 is 28.2 Å². The monoisotopic (exact) mass is 373 g/mol. The number of fused-ring (bicyclic) bond motifs is 1. The van der Waals surface area contributed by atoms with Gasteiger partial charge in [-0.2, -0.15) is 0 Å². The first kappa shape index (κ1) is 17.4. The van der Waals surface area contributed by atoms with E-state index in [2.05, 4.69) is 19.9 Å². The first-order valence-corrected chi connectivity index (χ1v) is 9.62. The van der Waals surface area contributed by atoms with Gasteiger partial charge in [-0.15, -0.1) is 11.3 Å². The van der Waals surface area contributed by atoms with Gasteiger partial charge in [0.2, 0.25) is 0 Å². The highest BCUT2D eigenvalue weighted by Gasteiger charge is 2.21. The highest BCUT2D eigenvalue weighted by atomic mass is 32.1. The van der Waals surface area contributed by atoms with Gasteiger partial charge in [-0.3, -0.25) is 4.79 Å². The van der Waals surface area contributed by atoms with E-state index >= 15 is 0 Å². The van der Waals surface area contributed by atoms with Crippen LogP contribution in [0.15, 0.2) is 60.7 Å². The summed E-state index contributed by atoms with van der Waals surface area (Å²) < 4.78 is 0. The lowest BCUT2D eigenvalue weighted by atomic mass is 9.90. The third kappa shape index (κ3) is 3.24. The standard InChI is InChI=1S/C23H19NO2S/c1-14-12-18(15(2)27-14)23-19(13-21(25)26)22(16-8-4-3-5-9-16)17-10-6-7-11-20(17)24-23/h3-12H,13H2,1-2H3,(H,25,26). The van der Waals surface area contributed by atoms with Crippen molar-refractivity contribution in [1.82, 2.24) is 4.98 Å². The van der Waals surface area contributed by atoms with Crippen LogP contribution < -0.4 is 0 Å². The SMILES string of the molecule is Cc1cc(-c2nc3ccccc3c(-c3ccccc3)c2CC(=O)O)c(C)s1. The molecule has 4 rings (SSSR count). The molecule has 134 valence electrons. The number of thiophene rings is 1. The van der Waals surface area contributed by atoms with Gasteiger partial charge in [0.15, 0.2) is 0 Å². The second-order valence-corrected chi connectivity index (χ2v) is 8.06. The van der Waals surface area contributed by atoms with Crippen LogP contribution in [-0.4, -0.2) is 16.1 Å². The molecule has 0 saturated heterocycles. The number of carbonyl (C=O) groups is 1. The topological polar surface area (TPSA) is 50.2 Å². The molecule has 0 atom stereocenters. The van der Waals surface area contributed by atoms with Crippen molar-refractivity contribution in [2.75, 3.05) is 0 Å². The molecule has 0 aliphatic heterocycles. The zero-order valence-electron chi connectivity index (χ0n) is 15.2. The van der Waals surface area contributed by atoms with Crippen molar-refractivity contribution in [1.29, 1.82) is 0 Å². The summed E-state index contributed by atoms with van der Waals surface area (Å²) in [6, 6.07) is 20.1. The quantitative estimate of drug-likeness (QED) is 0.486. The van der Waals surface area contributed by atoms with Crippen molar-refractivity contribution in [3.8, 4) is 22.4 Å². The maximum absolute atomic E-state index is 11.7. The van der Waals surface area contributed by atoms with E-state index in [0.29, 0.717) is 0 Å². The number of para-hydroxylation sites is 1. The molecule has 0 spiro atoms. The molecule has 2 aromatic heterocycles. The normalized spacial score (nSPS) is 11.0. The molecule has 1 N–H and O–H groups in total. The Kier molecular flexibility index (Phi) is 4.50. The van der Waals surface area contributed by atoms with Crippen molar-refractivity contribution in [2.45, 2.75) is 20.3 Å². The lowest BCUT2D eigenvalue weighted by Gasteiger charge is -2.17. The second kappa shape index (κ2) is 6.97. The van der Waals surface area contributed by atoms with Crippen molar-refractivity contribution in [3.63, 3.8) is 0 Å². The number of nitrogens with zero attached hydrogens (tertiary/aromatic N) is 1. The number of carboxylic acids is 1. The van der Waals surface area contributed by atoms with Crippen LogP contribution in [0.4, 0.5) is 0 Å². The molecule has 0 unspecified atom stereocenters. The summed E-state index contributed by atoms with van der Waals surface area (Å²) >= 11 is 1.71. The summed E-state index contributed by atoms with van der Waals surface area (Å²) in [5.74, 6) is -0.852. The highest BCUT2D eigenvalue weighted by molar-refractivity contribution is 7.12. The second-order valence-electron chi connectivity index (χ2n) is 6.59. The van der Waals surface area contributed by atoms with Crippen LogP contribution in [0.1, 0.15) is 15.3 Å². The van der Waals surface area contributed by atoms with Crippen molar-refractivity contribution < 1.29 is 9.90 Å². The van der Waals surface area contributed by atoms with Crippen LogP contribution in [0.25, 0.3) is 33.3 Å². The fourth-order valence-corrected chi connectivity index (χ4v) is 4.52. The van der Waals surface area contributed by atoms with Gasteiger partial charge in [0, 0.05) is 20.7 Å². The number of pyridine rings is 1. The van der Waals surface area contributed by atoms with Gasteiger partial charge < -0.3 is 5.11 Å². The summed E-state index contributed by atoms with van der Waals surface area (Å²) in [4.78, 5) is 19.0. The minimum atomic E-state index is -0.852. The Labute approximate surface area is 162 Å². The summed E-state index contributed by atoms with van der Waals surface area (Å²) in [5, 5.41) is 10.6. The van der Waals surface area contributed by atoms with E-state index in [-0.39, 0.29) is 6.42 Å². The van der Waals surface area contributed by atoms with Crippen molar-refractivity contribution in [3.05, 3.63) is 76.0 Å². The molecule has 4 aromatic rings. The van der Waals surface area contributed by atoms with E-state index in [9.17, 15) is 9.90 Å². The third-order valence-electron chi connectivity index (χ3n) is 4.68. The van der Waals surface area contributed by atoms with Crippen molar-refractivity contribution in [2.24, 2.45) is 0 Å². The molecule has 0 radical (unpaired) electrons. The van der Waals surface area contributed by atoms with Gasteiger partial charge in [0.1, 0.15) is 0 Å². The Morgan fingerprint density at radius 1 is 1.04 bits per heavy atom. The van der Waals surface area contributed by atoms with Crippen LogP contribution in [0, 0.1) is 13.8 Å². The molecule has 0 bridgehead atoms. The fourth-order valence-electron chi connectivity index (χ4n) is 3.60. The molecule has 27 heavy (non-hydrogen) atoms. The Balaban J connectivity index is 2.15. The van der Waals surface area contributed by atoms with Crippen LogP contribution in [0.2, 0.25) is 0 Å². The van der Waals surface area contributed by atoms with E-state index in [1.54, 1.807) is 11.3 Å². The molecule has 4 heteroatoms. The van der Waals surface area contributed by atoms with Gasteiger partial charge in [-0.05, 0) is 42.7 Å². The maximum atomic E-state index is 11.7. The zero-order valence-corrected chi connectivity index (χ0v) is 16.0. The number of rotatable bonds is 4. The average Bonchev–Trinajstić information content (AvgIpc) is 2.99. The number of aromatic nitrogens is 1. The smallest absolute Gasteiger partial charge is 0.307 e. The number of aryl methyl sites for hydroxylation is 2. The first-order chi connectivity index (χ1) is 13.0. The minimum absolute atomic E-state index is 0.0638. The molecule has 0 aliphatic carbocycles. The molecular formula is C23H19NO2S. The number of hydrogen-bond donors (Lipinski definition) is 1. The summed E-state index contributed by atoms with van der Waals surface area (Å²) in [6.07, 6.45) is -0.0638. The Bertz CT molecular complexity index is 1150. The number of carboxylic acid groups (broad SMARTS) is 1. The first-order valence-electron chi connectivity index (χ1n) is 8.81.